The van der Waals surface area contributed by atoms with E-state index in [1.54, 1.807) is 38.3 Å². The number of benzene rings is 1. The number of nitrogens with one attached hydrogen (secondary N) is 1. The molecule has 1 aliphatic rings. The van der Waals surface area contributed by atoms with E-state index < -0.39 is 0 Å². The molecule has 1 fully saturated rings. The third kappa shape index (κ3) is 3.26. The van der Waals surface area contributed by atoms with E-state index in [4.69, 9.17) is 18.9 Å². The number of hydrogen-bond acceptors (Lipinski definition) is 6. The molecule has 0 aromatic heterocycles. The van der Waals surface area contributed by atoms with Gasteiger partial charge in [-0.3, -0.25) is 4.79 Å². The van der Waals surface area contributed by atoms with E-state index in [2.05, 4.69) is 5.32 Å². The summed E-state index contributed by atoms with van der Waals surface area (Å²) in [4.78, 5) is 14.1. The zero-order chi connectivity index (χ0) is 16.1. The summed E-state index contributed by atoms with van der Waals surface area (Å²) >= 11 is 0. The molecule has 1 aromatic carbocycles. The largest absolute Gasteiger partial charge is 0.493 e. The van der Waals surface area contributed by atoms with Gasteiger partial charge >= 0.3 is 0 Å². The van der Waals surface area contributed by atoms with Crippen LogP contribution in [0.5, 0.6) is 17.2 Å². The number of anilines is 1. The van der Waals surface area contributed by atoms with Gasteiger partial charge in [0, 0.05) is 25.7 Å². The lowest BCUT2D eigenvalue weighted by Crippen LogP contribution is -2.51. The molecule has 2 rings (SSSR count). The van der Waals surface area contributed by atoms with Gasteiger partial charge in [-0.25, -0.2) is 0 Å². The van der Waals surface area contributed by atoms with Crippen molar-refractivity contribution in [1.82, 2.24) is 5.32 Å². The van der Waals surface area contributed by atoms with Crippen LogP contribution >= 0.6 is 0 Å². The molecule has 22 heavy (non-hydrogen) atoms. The Morgan fingerprint density at radius 2 is 1.86 bits per heavy atom. The first-order valence-electron chi connectivity index (χ1n) is 7.01. The topological polar surface area (TPSA) is 69.3 Å². The molecule has 0 spiro atoms. The maximum atomic E-state index is 12.5. The third-order valence-electron chi connectivity index (χ3n) is 3.59. The van der Waals surface area contributed by atoms with Crippen molar-refractivity contribution in [2.45, 2.75) is 6.04 Å². The third-order valence-corrected chi connectivity index (χ3v) is 3.59. The lowest BCUT2D eigenvalue weighted by Gasteiger charge is -2.28. The molecule has 0 saturated carbocycles. The Morgan fingerprint density at radius 3 is 2.32 bits per heavy atom. The van der Waals surface area contributed by atoms with Gasteiger partial charge in [0.15, 0.2) is 11.5 Å². The Morgan fingerprint density at radius 1 is 1.23 bits per heavy atom. The molecule has 0 bridgehead atoms. The number of nitrogens with zero attached hydrogens (tertiary/aromatic N) is 1. The number of morpholine rings is 1. The highest BCUT2D eigenvalue weighted by molar-refractivity contribution is 5.97. The summed E-state index contributed by atoms with van der Waals surface area (Å²) in [7, 11) is 6.33. The van der Waals surface area contributed by atoms with Crippen LogP contribution in [0.15, 0.2) is 12.1 Å². The van der Waals surface area contributed by atoms with Crippen LogP contribution in [0.25, 0.3) is 0 Å². The Bertz CT molecular complexity index is 504. The predicted octanol–water partition coefficient (Wildman–Crippen LogP) is 0.664. The maximum absolute atomic E-state index is 12.5. The standard InChI is InChI=1S/C15H22N2O5/c1-17(15(18)11-9-22-6-5-16-11)10-7-12(19-2)14(21-4)13(8-10)20-3/h7-8,11,16H,5-6,9H2,1-4H3. The van der Waals surface area contributed by atoms with E-state index in [0.29, 0.717) is 42.7 Å². The van der Waals surface area contributed by atoms with Crippen molar-refractivity contribution in [1.29, 1.82) is 0 Å². The van der Waals surface area contributed by atoms with Crippen LogP contribution in [0, 0.1) is 0 Å². The van der Waals surface area contributed by atoms with Crippen molar-refractivity contribution >= 4 is 11.6 Å². The summed E-state index contributed by atoms with van der Waals surface area (Å²) in [6.07, 6.45) is 0. The maximum Gasteiger partial charge on any atom is 0.246 e. The number of rotatable bonds is 5. The fraction of sp³-hybridized carbons (Fsp3) is 0.533. The summed E-state index contributed by atoms with van der Waals surface area (Å²) in [5.74, 6) is 1.43. The number of amides is 1. The molecule has 1 amide bonds. The first kappa shape index (κ1) is 16.4. The first-order valence-corrected chi connectivity index (χ1v) is 7.01. The van der Waals surface area contributed by atoms with Gasteiger partial charge < -0.3 is 29.2 Å². The summed E-state index contributed by atoms with van der Waals surface area (Å²) < 4.78 is 21.2. The lowest BCUT2D eigenvalue weighted by atomic mass is 10.2. The molecule has 1 heterocycles. The minimum absolute atomic E-state index is 0.0750. The highest BCUT2D eigenvalue weighted by Crippen LogP contribution is 2.40. The minimum atomic E-state index is -0.349. The van der Waals surface area contributed by atoms with Gasteiger partial charge in [0.25, 0.3) is 0 Å². The van der Waals surface area contributed by atoms with Gasteiger partial charge in [-0.15, -0.1) is 0 Å². The Kier molecular flexibility index (Phi) is 5.46. The molecule has 1 N–H and O–H groups in total. The van der Waals surface area contributed by atoms with Crippen LogP contribution in [-0.4, -0.2) is 60.1 Å². The van der Waals surface area contributed by atoms with Crippen LogP contribution < -0.4 is 24.4 Å². The summed E-state index contributed by atoms with van der Waals surface area (Å²) in [6.45, 7) is 1.66. The smallest absolute Gasteiger partial charge is 0.246 e. The highest BCUT2D eigenvalue weighted by Gasteiger charge is 2.26. The second-order valence-electron chi connectivity index (χ2n) is 4.86. The van der Waals surface area contributed by atoms with Crippen molar-refractivity contribution in [3.63, 3.8) is 0 Å². The number of hydrogen-bond donors (Lipinski definition) is 1. The van der Waals surface area contributed by atoms with Gasteiger partial charge in [-0.2, -0.15) is 0 Å². The molecular weight excluding hydrogens is 288 g/mol. The molecule has 1 aliphatic heterocycles. The number of ether oxygens (including phenoxy) is 4. The molecule has 122 valence electrons. The molecule has 1 saturated heterocycles. The van der Waals surface area contributed by atoms with Crippen molar-refractivity contribution in [2.75, 3.05) is 53.0 Å². The van der Waals surface area contributed by atoms with E-state index in [1.165, 1.54) is 7.11 Å². The average Bonchev–Trinajstić information content (AvgIpc) is 2.59. The second kappa shape index (κ2) is 7.33. The van der Waals surface area contributed by atoms with Crippen LogP contribution in [0.2, 0.25) is 0 Å². The minimum Gasteiger partial charge on any atom is -0.493 e. The SMILES string of the molecule is COc1cc(N(C)C(=O)C2COCCN2)cc(OC)c1OC. The number of carbonyl (C=O) groups excluding carboxylic acids is 1. The Labute approximate surface area is 130 Å². The molecule has 0 aliphatic carbocycles. The average molecular weight is 310 g/mol. The van der Waals surface area contributed by atoms with Gasteiger partial charge in [-0.1, -0.05) is 0 Å². The van der Waals surface area contributed by atoms with Gasteiger partial charge in [-0.05, 0) is 0 Å². The second-order valence-corrected chi connectivity index (χ2v) is 4.86. The van der Waals surface area contributed by atoms with E-state index in [-0.39, 0.29) is 11.9 Å². The van der Waals surface area contributed by atoms with Crippen LogP contribution in [0.1, 0.15) is 0 Å². The van der Waals surface area contributed by atoms with Crippen molar-refractivity contribution in [3.8, 4) is 17.2 Å². The number of likely N-dealkylation sites (N-methyl/N-ethyl adjacent to an activating group) is 1. The highest BCUT2D eigenvalue weighted by atomic mass is 16.5. The summed E-state index contributed by atoms with van der Waals surface area (Å²) in [6, 6.07) is 3.13. The summed E-state index contributed by atoms with van der Waals surface area (Å²) in [5.41, 5.74) is 0.659. The molecule has 7 heteroatoms. The molecule has 7 nitrogen and oxygen atoms in total. The van der Waals surface area contributed by atoms with E-state index in [9.17, 15) is 4.79 Å². The quantitative estimate of drug-likeness (QED) is 0.862. The molecular formula is C15H22N2O5. The van der Waals surface area contributed by atoms with Crippen LogP contribution in [0.4, 0.5) is 5.69 Å². The summed E-state index contributed by atoms with van der Waals surface area (Å²) in [5, 5.41) is 3.15. The predicted molar refractivity (Wildman–Crippen MR) is 82.1 cm³/mol. The van der Waals surface area contributed by atoms with Crippen LogP contribution in [-0.2, 0) is 9.53 Å². The fourth-order valence-corrected chi connectivity index (χ4v) is 2.35. The van der Waals surface area contributed by atoms with E-state index >= 15 is 0 Å². The zero-order valence-corrected chi connectivity index (χ0v) is 13.3. The Balaban J connectivity index is 2.28. The van der Waals surface area contributed by atoms with Crippen molar-refractivity contribution in [3.05, 3.63) is 12.1 Å². The zero-order valence-electron chi connectivity index (χ0n) is 13.3. The molecule has 1 atom stereocenters. The van der Waals surface area contributed by atoms with Crippen molar-refractivity contribution < 1.29 is 23.7 Å². The lowest BCUT2D eigenvalue weighted by molar-refractivity contribution is -0.123. The fourth-order valence-electron chi connectivity index (χ4n) is 2.35. The normalized spacial score (nSPS) is 17.7. The molecule has 1 aromatic rings. The molecule has 1 unspecified atom stereocenters. The Hall–Kier alpha value is -1.99. The number of carbonyl (C=O) groups is 1. The molecule has 0 radical (unpaired) electrons. The van der Waals surface area contributed by atoms with E-state index in [1.807, 2.05) is 0 Å². The first-order chi connectivity index (χ1) is 10.6. The monoisotopic (exact) mass is 310 g/mol. The van der Waals surface area contributed by atoms with Gasteiger partial charge in [0.1, 0.15) is 6.04 Å². The number of methoxy groups -OCH3 is 3. The van der Waals surface area contributed by atoms with Crippen LogP contribution in [0.3, 0.4) is 0 Å². The van der Waals surface area contributed by atoms with Gasteiger partial charge in [0.2, 0.25) is 11.7 Å². The van der Waals surface area contributed by atoms with Crippen molar-refractivity contribution in [2.24, 2.45) is 0 Å². The van der Waals surface area contributed by atoms with E-state index in [0.717, 1.165) is 0 Å². The van der Waals surface area contributed by atoms with Gasteiger partial charge in [0.05, 0.1) is 40.2 Å².